The second-order valence-electron chi connectivity index (χ2n) is 16.3. The minimum absolute atomic E-state index is 0.0577. The number of allylic oxidation sites excluding steroid dienone is 1. The van der Waals surface area contributed by atoms with Gasteiger partial charge in [0.2, 0.25) is 0 Å². The van der Waals surface area contributed by atoms with Gasteiger partial charge < -0.3 is 14.4 Å². The van der Waals surface area contributed by atoms with Gasteiger partial charge in [0.1, 0.15) is 0 Å². The third kappa shape index (κ3) is 4.83. The van der Waals surface area contributed by atoms with E-state index < -0.39 is 5.91 Å². The number of rotatable bonds is 6. The maximum absolute atomic E-state index is 7.46. The Balaban J connectivity index is 1.50. The number of fused-ring (bicyclic) bond motifs is 10. The molecule has 1 aliphatic carbocycles. The fraction of sp³-hybridized carbons (Fsp3) is 0.524. The summed E-state index contributed by atoms with van der Waals surface area (Å²) < 4.78 is 14.9. The lowest BCUT2D eigenvalue weighted by Crippen LogP contribution is -2.56. The van der Waals surface area contributed by atoms with Crippen molar-refractivity contribution >= 4 is 11.3 Å². The summed E-state index contributed by atoms with van der Waals surface area (Å²) in [5.41, 5.74) is 14.7. The van der Waals surface area contributed by atoms with Gasteiger partial charge in [-0.05, 0) is 102 Å². The Morgan fingerprint density at radius 2 is 1.44 bits per heavy atom. The molecule has 0 aromatic heterocycles. The van der Waals surface area contributed by atoms with E-state index in [1.54, 1.807) is 0 Å². The topological polar surface area (TPSA) is 21.7 Å². The SMILES string of the molecule is Cc1cc(C)c2c(c1)C1C=C(CC(C)C)c3cc4c(cc3N1C21OC(CC(C)C)CC(CC(C)C)O1)C(C)(C)c1ccccc1-4. The molecular weight excluding hydrogens is 550 g/mol. The standard InChI is InChI=1S/C42H53NO2/c1-24(2)15-29-20-38-35-19-27(7)18-28(8)40(35)42(44-30(16-25(3)4)21-31(45-42)17-26(5)6)43(38)39-23-37-34(22-33(29)39)32-13-11-12-14-36(32)41(37,9)10/h11-14,18-20,22-26,30-31,38H,15-17,21H2,1-10H3. The van der Waals surface area contributed by atoms with Crippen molar-refractivity contribution in [3.8, 4) is 11.1 Å². The van der Waals surface area contributed by atoms with Crippen LogP contribution in [-0.4, -0.2) is 12.2 Å². The summed E-state index contributed by atoms with van der Waals surface area (Å²) in [6, 6.07) is 18.8. The molecule has 3 heteroatoms. The van der Waals surface area contributed by atoms with Crippen LogP contribution in [0.4, 0.5) is 5.69 Å². The van der Waals surface area contributed by atoms with Gasteiger partial charge in [-0.15, -0.1) is 0 Å². The smallest absolute Gasteiger partial charge is 0.282 e. The van der Waals surface area contributed by atoms with Crippen LogP contribution < -0.4 is 4.90 Å². The van der Waals surface area contributed by atoms with E-state index >= 15 is 0 Å². The van der Waals surface area contributed by atoms with Crippen molar-refractivity contribution in [2.45, 2.75) is 124 Å². The van der Waals surface area contributed by atoms with Gasteiger partial charge in [0.25, 0.3) is 5.91 Å². The number of ether oxygens (including phenoxy) is 2. The maximum Gasteiger partial charge on any atom is 0.282 e. The summed E-state index contributed by atoms with van der Waals surface area (Å²) in [6.07, 6.45) is 6.89. The predicted molar refractivity (Wildman–Crippen MR) is 188 cm³/mol. The molecule has 3 aromatic rings. The van der Waals surface area contributed by atoms with Crippen molar-refractivity contribution in [3.63, 3.8) is 0 Å². The summed E-state index contributed by atoms with van der Waals surface area (Å²) in [5.74, 6) is 0.687. The van der Waals surface area contributed by atoms with E-state index in [0.29, 0.717) is 17.8 Å². The Morgan fingerprint density at radius 3 is 2.09 bits per heavy atom. The zero-order valence-electron chi connectivity index (χ0n) is 29.3. The Labute approximate surface area is 272 Å². The molecular formula is C42H53NO2. The summed E-state index contributed by atoms with van der Waals surface area (Å²) in [7, 11) is 0. The van der Waals surface area contributed by atoms with Crippen LogP contribution in [0.2, 0.25) is 0 Å². The van der Waals surface area contributed by atoms with Crippen LogP contribution in [0.15, 0.2) is 54.6 Å². The first-order valence-corrected chi connectivity index (χ1v) is 17.6. The highest BCUT2D eigenvalue weighted by Crippen LogP contribution is 2.61. The van der Waals surface area contributed by atoms with Gasteiger partial charge in [0.05, 0.1) is 23.9 Å². The van der Waals surface area contributed by atoms with E-state index in [0.717, 1.165) is 25.7 Å². The molecule has 4 aliphatic rings. The Hall–Kier alpha value is -2.88. The van der Waals surface area contributed by atoms with Crippen LogP contribution in [0.5, 0.6) is 0 Å². The molecule has 3 atom stereocenters. The highest BCUT2D eigenvalue weighted by molar-refractivity contribution is 5.91. The molecule has 0 N–H and O–H groups in total. The van der Waals surface area contributed by atoms with Crippen LogP contribution in [0.25, 0.3) is 16.7 Å². The lowest BCUT2D eigenvalue weighted by Gasteiger charge is -2.51. The molecule has 3 aliphatic heterocycles. The third-order valence-corrected chi connectivity index (χ3v) is 10.7. The Bertz CT molecular complexity index is 1660. The maximum atomic E-state index is 7.46. The second-order valence-corrected chi connectivity index (χ2v) is 16.3. The number of hydrogen-bond acceptors (Lipinski definition) is 3. The van der Waals surface area contributed by atoms with Crippen molar-refractivity contribution < 1.29 is 9.47 Å². The molecule has 3 unspecified atom stereocenters. The average Bonchev–Trinajstić information content (AvgIpc) is 3.31. The van der Waals surface area contributed by atoms with E-state index in [1.165, 1.54) is 61.3 Å². The minimum Gasteiger partial charge on any atom is -0.325 e. The molecule has 7 rings (SSSR count). The number of hydrogen-bond donors (Lipinski definition) is 0. The molecule has 0 radical (unpaired) electrons. The molecule has 1 spiro atoms. The number of nitrogens with zero attached hydrogens (tertiary/aromatic N) is 1. The summed E-state index contributed by atoms with van der Waals surface area (Å²) >= 11 is 0. The number of anilines is 1. The molecule has 1 saturated heterocycles. The number of aryl methyl sites for hydroxylation is 2. The second kappa shape index (κ2) is 10.8. The molecule has 3 heterocycles. The monoisotopic (exact) mass is 603 g/mol. The third-order valence-electron chi connectivity index (χ3n) is 10.7. The van der Waals surface area contributed by atoms with Crippen LogP contribution in [0.1, 0.15) is 126 Å². The van der Waals surface area contributed by atoms with E-state index in [2.05, 4.69) is 129 Å². The molecule has 1 fully saturated rings. The van der Waals surface area contributed by atoms with Gasteiger partial charge in [-0.3, -0.25) is 0 Å². The van der Waals surface area contributed by atoms with Crippen molar-refractivity contribution in [2.75, 3.05) is 4.90 Å². The van der Waals surface area contributed by atoms with Gasteiger partial charge >= 0.3 is 0 Å². The molecule has 0 amide bonds. The highest BCUT2D eigenvalue weighted by Gasteiger charge is 2.59. The fourth-order valence-electron chi connectivity index (χ4n) is 9.11. The summed E-state index contributed by atoms with van der Waals surface area (Å²) in [4.78, 5) is 2.57. The molecule has 238 valence electrons. The van der Waals surface area contributed by atoms with E-state index in [4.69, 9.17) is 9.47 Å². The van der Waals surface area contributed by atoms with Crippen LogP contribution in [0.3, 0.4) is 0 Å². The molecule has 3 nitrogen and oxygen atoms in total. The van der Waals surface area contributed by atoms with Crippen molar-refractivity contribution in [1.29, 1.82) is 0 Å². The zero-order valence-corrected chi connectivity index (χ0v) is 29.3. The first-order chi connectivity index (χ1) is 21.3. The van der Waals surface area contributed by atoms with E-state index in [-0.39, 0.29) is 23.7 Å². The van der Waals surface area contributed by atoms with E-state index in [1.807, 2.05) is 0 Å². The summed E-state index contributed by atoms with van der Waals surface area (Å²) in [6.45, 7) is 23.3. The van der Waals surface area contributed by atoms with Crippen LogP contribution >= 0.6 is 0 Å². The molecule has 3 aromatic carbocycles. The average molecular weight is 604 g/mol. The predicted octanol–water partition coefficient (Wildman–Crippen LogP) is 11.0. The molecule has 45 heavy (non-hydrogen) atoms. The van der Waals surface area contributed by atoms with Crippen LogP contribution in [-0.2, 0) is 20.8 Å². The van der Waals surface area contributed by atoms with Crippen molar-refractivity contribution in [2.24, 2.45) is 17.8 Å². The molecule has 0 saturated carbocycles. The first kappa shape index (κ1) is 30.8. The van der Waals surface area contributed by atoms with Crippen molar-refractivity contribution in [3.05, 3.63) is 93.6 Å². The Kier molecular flexibility index (Phi) is 7.41. The normalized spacial score (nSPS) is 25.8. The van der Waals surface area contributed by atoms with Crippen LogP contribution in [0, 0.1) is 31.6 Å². The van der Waals surface area contributed by atoms with E-state index in [9.17, 15) is 0 Å². The minimum atomic E-state index is -0.965. The van der Waals surface area contributed by atoms with Gasteiger partial charge in [-0.25, -0.2) is 0 Å². The lowest BCUT2D eigenvalue weighted by atomic mass is 9.80. The van der Waals surface area contributed by atoms with Gasteiger partial charge in [-0.1, -0.05) is 103 Å². The lowest BCUT2D eigenvalue weighted by molar-refractivity contribution is -0.328. The van der Waals surface area contributed by atoms with Crippen molar-refractivity contribution in [1.82, 2.24) is 0 Å². The van der Waals surface area contributed by atoms with Gasteiger partial charge in [0, 0.05) is 23.0 Å². The largest absolute Gasteiger partial charge is 0.325 e. The number of benzene rings is 3. The fourth-order valence-corrected chi connectivity index (χ4v) is 9.11. The highest BCUT2D eigenvalue weighted by atomic mass is 16.7. The quantitative estimate of drug-likeness (QED) is 0.280. The summed E-state index contributed by atoms with van der Waals surface area (Å²) in [5, 5.41) is 0. The van der Waals surface area contributed by atoms with Gasteiger partial charge in [-0.2, -0.15) is 0 Å². The Morgan fingerprint density at radius 1 is 0.778 bits per heavy atom. The molecule has 0 bridgehead atoms. The van der Waals surface area contributed by atoms with Gasteiger partial charge in [0.15, 0.2) is 0 Å². The zero-order chi connectivity index (χ0) is 32.0. The first-order valence-electron chi connectivity index (χ1n) is 17.6.